The third-order valence-corrected chi connectivity index (χ3v) is 3.74. The largest absolute Gasteiger partial charge is 0.344 e. The molecule has 0 unspecified atom stereocenters. The fraction of sp³-hybridized carbons (Fsp3) is 0.167. The maximum atomic E-state index is 13.0. The molecular weight excluding hydrogens is 307 g/mol. The van der Waals surface area contributed by atoms with Gasteiger partial charge in [0.15, 0.2) is 5.69 Å². The molecule has 24 heavy (non-hydrogen) atoms. The van der Waals surface area contributed by atoms with E-state index in [1.165, 1.54) is 12.1 Å². The molecule has 1 amide bonds. The summed E-state index contributed by atoms with van der Waals surface area (Å²) in [7, 11) is 0. The fourth-order valence-corrected chi connectivity index (χ4v) is 2.30. The van der Waals surface area contributed by atoms with Crippen molar-refractivity contribution in [2.24, 2.45) is 0 Å². The van der Waals surface area contributed by atoms with Crippen LogP contribution < -0.4 is 5.32 Å². The summed E-state index contributed by atoms with van der Waals surface area (Å²) >= 11 is 0. The Morgan fingerprint density at radius 2 is 1.79 bits per heavy atom. The predicted molar refractivity (Wildman–Crippen MR) is 88.4 cm³/mol. The second-order valence-electron chi connectivity index (χ2n) is 5.63. The monoisotopic (exact) mass is 324 g/mol. The standard InChI is InChI=1S/C18H17FN4O/c1-12-3-9-16(10-4-12)23-11-17(21-22-23)18(24)20-13(2)14-5-7-15(19)8-6-14/h3-11,13H,1-2H3,(H,20,24)/t13-/m0/s1. The van der Waals surface area contributed by atoms with Crippen molar-refractivity contribution in [1.82, 2.24) is 20.3 Å². The molecule has 0 radical (unpaired) electrons. The maximum absolute atomic E-state index is 13.0. The van der Waals surface area contributed by atoms with Gasteiger partial charge < -0.3 is 5.32 Å². The average Bonchev–Trinajstić information content (AvgIpc) is 3.06. The molecule has 0 saturated heterocycles. The SMILES string of the molecule is Cc1ccc(-n2cc(C(=O)N[C@@H](C)c3ccc(F)cc3)nn2)cc1. The highest BCUT2D eigenvalue weighted by atomic mass is 19.1. The Morgan fingerprint density at radius 3 is 2.46 bits per heavy atom. The van der Waals surface area contributed by atoms with Crippen LogP contribution >= 0.6 is 0 Å². The number of halogens is 1. The number of carbonyl (C=O) groups is 1. The van der Waals surface area contributed by atoms with Gasteiger partial charge in [-0.1, -0.05) is 35.0 Å². The number of hydrogen-bond acceptors (Lipinski definition) is 3. The van der Waals surface area contributed by atoms with E-state index >= 15 is 0 Å². The van der Waals surface area contributed by atoms with E-state index < -0.39 is 0 Å². The smallest absolute Gasteiger partial charge is 0.273 e. The van der Waals surface area contributed by atoms with Crippen LogP contribution in [0.3, 0.4) is 0 Å². The highest BCUT2D eigenvalue weighted by Gasteiger charge is 2.15. The van der Waals surface area contributed by atoms with E-state index in [1.807, 2.05) is 38.1 Å². The summed E-state index contributed by atoms with van der Waals surface area (Å²) in [5.41, 5.74) is 3.02. The normalized spacial score (nSPS) is 12.0. The van der Waals surface area contributed by atoms with Crippen molar-refractivity contribution in [3.63, 3.8) is 0 Å². The minimum atomic E-state index is -0.329. The van der Waals surface area contributed by atoms with E-state index in [4.69, 9.17) is 0 Å². The average molecular weight is 324 g/mol. The Morgan fingerprint density at radius 1 is 1.12 bits per heavy atom. The Labute approximate surface area is 139 Å². The fourth-order valence-electron chi connectivity index (χ4n) is 2.30. The van der Waals surface area contributed by atoms with Gasteiger partial charge in [-0.05, 0) is 43.7 Å². The van der Waals surface area contributed by atoms with E-state index in [9.17, 15) is 9.18 Å². The highest BCUT2D eigenvalue weighted by Crippen LogP contribution is 2.14. The molecule has 1 N–H and O–H groups in total. The predicted octanol–water partition coefficient (Wildman–Crippen LogP) is 3.21. The Bertz CT molecular complexity index is 840. The van der Waals surface area contributed by atoms with Gasteiger partial charge in [0, 0.05) is 0 Å². The number of nitrogens with one attached hydrogen (secondary N) is 1. The van der Waals surface area contributed by atoms with E-state index in [0.29, 0.717) is 0 Å². The molecule has 1 aromatic heterocycles. The Balaban J connectivity index is 1.71. The first-order chi connectivity index (χ1) is 11.5. The molecule has 0 bridgehead atoms. The molecule has 0 spiro atoms. The van der Waals surface area contributed by atoms with Gasteiger partial charge in [-0.2, -0.15) is 0 Å². The van der Waals surface area contributed by atoms with Gasteiger partial charge in [0.1, 0.15) is 5.82 Å². The number of rotatable bonds is 4. The van der Waals surface area contributed by atoms with Crippen LogP contribution in [0.1, 0.15) is 34.6 Å². The number of aromatic nitrogens is 3. The first-order valence-corrected chi connectivity index (χ1v) is 7.58. The van der Waals surface area contributed by atoms with Crippen molar-refractivity contribution >= 4 is 5.91 Å². The molecule has 5 nitrogen and oxygen atoms in total. The van der Waals surface area contributed by atoms with Crippen molar-refractivity contribution in [3.05, 3.63) is 77.4 Å². The minimum absolute atomic E-state index is 0.226. The molecule has 0 aliphatic heterocycles. The summed E-state index contributed by atoms with van der Waals surface area (Å²) in [4.78, 5) is 12.3. The minimum Gasteiger partial charge on any atom is -0.344 e. The van der Waals surface area contributed by atoms with Crippen LogP contribution in [0.15, 0.2) is 54.7 Å². The lowest BCUT2D eigenvalue weighted by Gasteiger charge is -2.13. The van der Waals surface area contributed by atoms with Gasteiger partial charge in [-0.15, -0.1) is 5.10 Å². The number of nitrogens with zero attached hydrogens (tertiary/aromatic N) is 3. The third-order valence-electron chi connectivity index (χ3n) is 3.74. The topological polar surface area (TPSA) is 59.8 Å². The molecule has 0 saturated carbocycles. The molecule has 3 aromatic rings. The number of benzene rings is 2. The number of aryl methyl sites for hydroxylation is 1. The Kier molecular flexibility index (Phi) is 4.37. The van der Waals surface area contributed by atoms with Crippen LogP contribution in [0.2, 0.25) is 0 Å². The lowest BCUT2D eigenvalue weighted by Crippen LogP contribution is -2.27. The zero-order valence-electron chi connectivity index (χ0n) is 13.4. The van der Waals surface area contributed by atoms with Gasteiger partial charge in [0.25, 0.3) is 5.91 Å². The summed E-state index contributed by atoms with van der Waals surface area (Å²) in [5.74, 6) is -0.636. The molecule has 2 aromatic carbocycles. The lowest BCUT2D eigenvalue weighted by atomic mass is 10.1. The molecule has 0 fully saturated rings. The summed E-state index contributed by atoms with van der Waals surface area (Å²) in [6.45, 7) is 3.83. The molecular formula is C18H17FN4O. The van der Waals surface area contributed by atoms with Crippen LogP contribution in [0.4, 0.5) is 4.39 Å². The first-order valence-electron chi connectivity index (χ1n) is 7.58. The van der Waals surface area contributed by atoms with Crippen molar-refractivity contribution < 1.29 is 9.18 Å². The van der Waals surface area contributed by atoms with Gasteiger partial charge in [-0.25, -0.2) is 9.07 Å². The molecule has 122 valence electrons. The van der Waals surface area contributed by atoms with Gasteiger partial charge in [0.05, 0.1) is 17.9 Å². The number of carbonyl (C=O) groups excluding carboxylic acids is 1. The van der Waals surface area contributed by atoms with Crippen LogP contribution in [0.25, 0.3) is 5.69 Å². The zero-order valence-corrected chi connectivity index (χ0v) is 13.4. The molecule has 1 atom stereocenters. The zero-order chi connectivity index (χ0) is 17.1. The van der Waals surface area contributed by atoms with Gasteiger partial charge >= 0.3 is 0 Å². The number of amides is 1. The molecule has 1 heterocycles. The highest BCUT2D eigenvalue weighted by molar-refractivity contribution is 5.92. The Hall–Kier alpha value is -3.02. The summed E-state index contributed by atoms with van der Waals surface area (Å²) < 4.78 is 14.5. The number of hydrogen-bond donors (Lipinski definition) is 1. The van der Waals surface area contributed by atoms with E-state index in [0.717, 1.165) is 16.8 Å². The second kappa shape index (κ2) is 6.62. The first kappa shape index (κ1) is 15.9. The van der Waals surface area contributed by atoms with Crippen molar-refractivity contribution in [2.75, 3.05) is 0 Å². The summed E-state index contributed by atoms with van der Waals surface area (Å²) in [6.07, 6.45) is 1.58. The van der Waals surface area contributed by atoms with Gasteiger partial charge in [-0.3, -0.25) is 4.79 Å². The van der Waals surface area contributed by atoms with Crippen molar-refractivity contribution in [2.45, 2.75) is 19.9 Å². The quantitative estimate of drug-likeness (QED) is 0.802. The van der Waals surface area contributed by atoms with Gasteiger partial charge in [0.2, 0.25) is 0 Å². The second-order valence-corrected chi connectivity index (χ2v) is 5.63. The molecule has 0 aliphatic carbocycles. The maximum Gasteiger partial charge on any atom is 0.273 e. The summed E-state index contributed by atoms with van der Waals surface area (Å²) in [6, 6.07) is 13.5. The van der Waals surface area contributed by atoms with Crippen LogP contribution in [0, 0.1) is 12.7 Å². The lowest BCUT2D eigenvalue weighted by molar-refractivity contribution is 0.0935. The molecule has 0 aliphatic rings. The van der Waals surface area contributed by atoms with E-state index in [-0.39, 0.29) is 23.5 Å². The summed E-state index contributed by atoms with van der Waals surface area (Å²) in [5, 5.41) is 10.7. The molecule has 6 heteroatoms. The van der Waals surface area contributed by atoms with Crippen LogP contribution in [-0.2, 0) is 0 Å². The van der Waals surface area contributed by atoms with E-state index in [1.54, 1.807) is 23.0 Å². The van der Waals surface area contributed by atoms with Crippen molar-refractivity contribution in [1.29, 1.82) is 0 Å². The third kappa shape index (κ3) is 3.48. The van der Waals surface area contributed by atoms with E-state index in [2.05, 4.69) is 15.6 Å². The van der Waals surface area contributed by atoms with Crippen LogP contribution in [-0.4, -0.2) is 20.9 Å². The molecule has 3 rings (SSSR count). The van der Waals surface area contributed by atoms with Crippen LogP contribution in [0.5, 0.6) is 0 Å². The van der Waals surface area contributed by atoms with Crippen molar-refractivity contribution in [3.8, 4) is 5.69 Å².